The molecule has 222 valence electrons. The highest BCUT2D eigenvalue weighted by atomic mass is 35.5. The number of anilines is 1. The Balaban J connectivity index is 1.21. The van der Waals surface area contributed by atoms with Gasteiger partial charge in [0.2, 0.25) is 5.82 Å². The molecule has 42 heavy (non-hydrogen) atoms. The van der Waals surface area contributed by atoms with E-state index in [0.29, 0.717) is 41.8 Å². The molecule has 2 aliphatic rings. The van der Waals surface area contributed by atoms with E-state index in [2.05, 4.69) is 32.1 Å². The summed E-state index contributed by atoms with van der Waals surface area (Å²) >= 11 is 11.9. The summed E-state index contributed by atoms with van der Waals surface area (Å²) in [5.41, 5.74) is 6.61. The standard InChI is InChI=1S/C27H29Cl2N7O6/c1-2-31-25(39)22-20(37)21(38)26(42-22)36-13-32-19-23(30)33-18(34-24(19)36)5-3-4-14-8-10-35(11-9-14)27(40)41-15-6-7-16(28)17(29)12-15/h6-7,12-14,20-22,26,37-38H,2,4,8-11H2,1H3,(H,31,39)(H2,30,33,34)/t20-,21+,22?,26?/m1/s1. The van der Waals surface area contributed by atoms with Crippen LogP contribution in [0.5, 0.6) is 5.75 Å². The Morgan fingerprint density at radius 2 is 1.95 bits per heavy atom. The molecule has 0 saturated carbocycles. The first-order chi connectivity index (χ1) is 20.2. The second-order valence-corrected chi connectivity index (χ2v) is 10.8. The van der Waals surface area contributed by atoms with Gasteiger partial charge in [0.05, 0.1) is 16.4 Å². The molecule has 5 rings (SSSR count). The number of nitrogens with zero attached hydrogens (tertiary/aromatic N) is 5. The molecule has 5 N–H and O–H groups in total. The highest BCUT2D eigenvalue weighted by Gasteiger charge is 2.47. The quantitative estimate of drug-likeness (QED) is 0.310. The minimum absolute atomic E-state index is 0.0881. The molecule has 3 aromatic rings. The van der Waals surface area contributed by atoms with Crippen LogP contribution in [0.15, 0.2) is 24.5 Å². The molecular formula is C27H29Cl2N7O6. The van der Waals surface area contributed by atoms with Crippen molar-refractivity contribution in [1.82, 2.24) is 29.7 Å². The second-order valence-electron chi connectivity index (χ2n) is 9.96. The average Bonchev–Trinajstić information content (AvgIpc) is 3.52. The number of hydrogen-bond acceptors (Lipinski definition) is 10. The third kappa shape index (κ3) is 6.23. The fourth-order valence-corrected chi connectivity index (χ4v) is 5.15. The molecule has 2 fully saturated rings. The van der Waals surface area contributed by atoms with Crippen LogP contribution in [0.25, 0.3) is 11.2 Å². The predicted octanol–water partition coefficient (Wildman–Crippen LogP) is 2.12. The van der Waals surface area contributed by atoms with Crippen LogP contribution in [-0.4, -0.2) is 84.6 Å². The molecule has 2 amide bonds. The Morgan fingerprint density at radius 3 is 2.67 bits per heavy atom. The number of carbonyl (C=O) groups excluding carboxylic acids is 2. The molecule has 2 aromatic heterocycles. The lowest BCUT2D eigenvalue weighted by Gasteiger charge is -2.30. The lowest BCUT2D eigenvalue weighted by atomic mass is 9.94. The third-order valence-electron chi connectivity index (χ3n) is 7.13. The van der Waals surface area contributed by atoms with E-state index in [1.54, 1.807) is 24.0 Å². The molecule has 15 heteroatoms. The van der Waals surface area contributed by atoms with Crippen molar-refractivity contribution in [3.63, 3.8) is 0 Å². The molecular weight excluding hydrogens is 589 g/mol. The van der Waals surface area contributed by atoms with Gasteiger partial charge in [0.15, 0.2) is 23.8 Å². The Morgan fingerprint density at radius 1 is 1.19 bits per heavy atom. The SMILES string of the molecule is CCNC(=O)C1OC(n2cnc3c(N)nc(C#CCC4CCN(C(=O)Oc5ccc(Cl)c(Cl)c5)CC4)nc32)[C@@H](O)[C@H]1O. The number of nitrogen functional groups attached to an aromatic ring is 1. The van der Waals surface area contributed by atoms with Gasteiger partial charge in [-0.1, -0.05) is 29.1 Å². The zero-order chi connectivity index (χ0) is 30.0. The van der Waals surface area contributed by atoms with Crippen LogP contribution in [0.3, 0.4) is 0 Å². The van der Waals surface area contributed by atoms with Crippen LogP contribution in [0.4, 0.5) is 10.6 Å². The molecule has 2 aliphatic heterocycles. The number of aromatic nitrogens is 4. The number of ether oxygens (including phenoxy) is 2. The number of imidazole rings is 1. The maximum atomic E-state index is 12.5. The zero-order valence-corrected chi connectivity index (χ0v) is 24.0. The van der Waals surface area contributed by atoms with Crippen molar-refractivity contribution in [2.24, 2.45) is 5.92 Å². The normalized spacial score (nSPS) is 22.5. The molecule has 4 heterocycles. The number of carbonyl (C=O) groups is 2. The van der Waals surface area contributed by atoms with Gasteiger partial charge in [0.1, 0.15) is 23.5 Å². The Kier molecular flexibility index (Phi) is 9.00. The van der Waals surface area contributed by atoms with Crippen molar-refractivity contribution in [3.05, 3.63) is 40.4 Å². The largest absolute Gasteiger partial charge is 0.415 e. The van der Waals surface area contributed by atoms with Gasteiger partial charge in [-0.05, 0) is 43.7 Å². The van der Waals surface area contributed by atoms with E-state index in [1.165, 1.54) is 17.0 Å². The summed E-state index contributed by atoms with van der Waals surface area (Å²) in [4.78, 5) is 39.3. The van der Waals surface area contributed by atoms with Crippen LogP contribution < -0.4 is 15.8 Å². The van der Waals surface area contributed by atoms with Crippen LogP contribution in [-0.2, 0) is 9.53 Å². The fourth-order valence-electron chi connectivity index (χ4n) is 4.86. The van der Waals surface area contributed by atoms with E-state index < -0.39 is 36.5 Å². The molecule has 0 radical (unpaired) electrons. The summed E-state index contributed by atoms with van der Waals surface area (Å²) in [6.45, 7) is 3.12. The number of aliphatic hydroxyl groups excluding tert-OH is 2. The minimum Gasteiger partial charge on any atom is -0.410 e. The van der Waals surface area contributed by atoms with Crippen molar-refractivity contribution in [1.29, 1.82) is 0 Å². The third-order valence-corrected chi connectivity index (χ3v) is 7.87. The number of fused-ring (bicyclic) bond motifs is 1. The van der Waals surface area contributed by atoms with E-state index in [0.717, 1.165) is 12.8 Å². The lowest BCUT2D eigenvalue weighted by molar-refractivity contribution is -0.137. The summed E-state index contributed by atoms with van der Waals surface area (Å²) in [7, 11) is 0. The molecule has 0 aliphatic carbocycles. The summed E-state index contributed by atoms with van der Waals surface area (Å²) in [5, 5.41) is 24.2. The average molecular weight is 618 g/mol. The fraction of sp³-hybridized carbons (Fsp3) is 0.444. The Hall–Kier alpha value is -3.67. The second kappa shape index (κ2) is 12.7. The summed E-state index contributed by atoms with van der Waals surface area (Å²) in [6.07, 6.45) is -2.29. The highest BCUT2D eigenvalue weighted by molar-refractivity contribution is 6.42. The lowest BCUT2D eigenvalue weighted by Crippen LogP contribution is -2.42. The van der Waals surface area contributed by atoms with Gasteiger partial charge in [0.25, 0.3) is 5.91 Å². The number of likely N-dealkylation sites (tertiary alicyclic amines) is 1. The Labute approximate surface area is 250 Å². The Bertz CT molecular complexity index is 1550. The number of hydrogen-bond donors (Lipinski definition) is 4. The van der Waals surface area contributed by atoms with E-state index >= 15 is 0 Å². The molecule has 13 nitrogen and oxygen atoms in total. The molecule has 0 spiro atoms. The van der Waals surface area contributed by atoms with E-state index in [-0.39, 0.29) is 28.7 Å². The van der Waals surface area contributed by atoms with E-state index in [9.17, 15) is 19.8 Å². The number of nitrogens with two attached hydrogens (primary N) is 1. The van der Waals surface area contributed by atoms with Crippen molar-refractivity contribution in [3.8, 4) is 17.6 Å². The topological polar surface area (TPSA) is 178 Å². The summed E-state index contributed by atoms with van der Waals surface area (Å²) < 4.78 is 12.5. The molecule has 4 atom stereocenters. The molecule has 2 saturated heterocycles. The van der Waals surface area contributed by atoms with Gasteiger partial charge in [0, 0.05) is 32.1 Å². The van der Waals surface area contributed by atoms with Crippen molar-refractivity contribution >= 4 is 52.2 Å². The maximum absolute atomic E-state index is 12.5. The molecule has 1 aromatic carbocycles. The van der Waals surface area contributed by atoms with Gasteiger partial charge in [-0.2, -0.15) is 0 Å². The monoisotopic (exact) mass is 617 g/mol. The van der Waals surface area contributed by atoms with Crippen LogP contribution in [0.2, 0.25) is 10.0 Å². The van der Waals surface area contributed by atoms with E-state index in [4.69, 9.17) is 38.4 Å². The zero-order valence-electron chi connectivity index (χ0n) is 22.5. The first-order valence-electron chi connectivity index (χ1n) is 13.4. The smallest absolute Gasteiger partial charge is 0.410 e. The summed E-state index contributed by atoms with van der Waals surface area (Å²) in [5.74, 6) is 6.32. The molecule has 2 unspecified atom stereocenters. The van der Waals surface area contributed by atoms with Gasteiger partial charge < -0.3 is 35.6 Å². The van der Waals surface area contributed by atoms with E-state index in [1.807, 2.05) is 0 Å². The predicted molar refractivity (Wildman–Crippen MR) is 153 cm³/mol. The first-order valence-corrected chi connectivity index (χ1v) is 14.1. The van der Waals surface area contributed by atoms with Crippen molar-refractivity contribution < 1.29 is 29.3 Å². The van der Waals surface area contributed by atoms with Gasteiger partial charge in [-0.3, -0.25) is 9.36 Å². The van der Waals surface area contributed by atoms with Crippen molar-refractivity contribution in [2.75, 3.05) is 25.4 Å². The number of benzene rings is 1. The number of piperidine rings is 1. The number of rotatable bonds is 5. The van der Waals surface area contributed by atoms with Crippen LogP contribution >= 0.6 is 23.2 Å². The first kappa shape index (κ1) is 29.8. The van der Waals surface area contributed by atoms with Crippen molar-refractivity contribution in [2.45, 2.75) is 50.7 Å². The van der Waals surface area contributed by atoms with Crippen LogP contribution in [0.1, 0.15) is 38.2 Å². The number of likely N-dealkylation sites (N-methyl/N-ethyl adjacent to an activating group) is 1. The molecule has 0 bridgehead atoms. The summed E-state index contributed by atoms with van der Waals surface area (Å²) in [6, 6.07) is 4.65. The minimum atomic E-state index is -1.44. The van der Waals surface area contributed by atoms with Gasteiger partial charge in [-0.15, -0.1) is 0 Å². The highest BCUT2D eigenvalue weighted by Crippen LogP contribution is 2.32. The maximum Gasteiger partial charge on any atom is 0.415 e. The number of aliphatic hydroxyl groups is 2. The number of halogens is 2. The number of amides is 2. The number of nitrogens with one attached hydrogen (secondary N) is 1. The van der Waals surface area contributed by atoms with Gasteiger partial charge in [-0.25, -0.2) is 19.7 Å². The van der Waals surface area contributed by atoms with Gasteiger partial charge >= 0.3 is 6.09 Å². The van der Waals surface area contributed by atoms with Crippen LogP contribution in [0, 0.1) is 17.8 Å².